The van der Waals surface area contributed by atoms with Gasteiger partial charge in [0.25, 0.3) is 0 Å². The van der Waals surface area contributed by atoms with Gasteiger partial charge in [0.1, 0.15) is 11.3 Å². The van der Waals surface area contributed by atoms with Crippen molar-refractivity contribution in [2.24, 2.45) is 0 Å². The summed E-state index contributed by atoms with van der Waals surface area (Å²) in [6.07, 6.45) is -0.751. The standard InChI is InChI=1S/C24H20O5/c1-3-27-24(26)15(2)28-21-11-7-10-18-17(21)12-13-19-20(14-22(25)29-23(18)19)16-8-5-4-6-9-16/h4-15H,3H2,1-2H3/t15-/m1/s1. The Morgan fingerprint density at radius 2 is 1.72 bits per heavy atom. The van der Waals surface area contributed by atoms with Crippen molar-refractivity contribution in [2.75, 3.05) is 6.61 Å². The molecule has 0 aliphatic rings. The van der Waals surface area contributed by atoms with E-state index in [0.717, 1.165) is 27.3 Å². The number of rotatable bonds is 5. The van der Waals surface area contributed by atoms with Gasteiger partial charge in [-0.25, -0.2) is 9.59 Å². The smallest absolute Gasteiger partial charge is 0.347 e. The van der Waals surface area contributed by atoms with Crippen LogP contribution >= 0.6 is 0 Å². The molecule has 1 atom stereocenters. The van der Waals surface area contributed by atoms with Crippen LogP contribution in [0.3, 0.4) is 0 Å². The number of hydrogen-bond donors (Lipinski definition) is 0. The lowest BCUT2D eigenvalue weighted by molar-refractivity contribution is -0.150. The molecule has 0 saturated heterocycles. The van der Waals surface area contributed by atoms with Crippen molar-refractivity contribution < 1.29 is 18.7 Å². The van der Waals surface area contributed by atoms with Crippen LogP contribution in [0.4, 0.5) is 0 Å². The summed E-state index contributed by atoms with van der Waals surface area (Å²) in [6, 6.07) is 20.5. The number of hydrogen-bond acceptors (Lipinski definition) is 5. The predicted octanol–water partition coefficient (Wildman–Crippen LogP) is 4.94. The molecule has 0 aliphatic heterocycles. The second-order valence-electron chi connectivity index (χ2n) is 6.65. The SMILES string of the molecule is CCOC(=O)[C@@H](C)Oc1cccc2c1ccc1c(-c3ccccc3)cc(=O)oc12. The second kappa shape index (κ2) is 7.80. The monoisotopic (exact) mass is 388 g/mol. The van der Waals surface area contributed by atoms with Gasteiger partial charge in [-0.3, -0.25) is 0 Å². The molecule has 29 heavy (non-hydrogen) atoms. The van der Waals surface area contributed by atoms with Crippen molar-refractivity contribution in [3.05, 3.63) is 77.2 Å². The molecule has 0 saturated carbocycles. The van der Waals surface area contributed by atoms with Crippen LogP contribution in [0, 0.1) is 0 Å². The maximum atomic E-state index is 12.3. The number of benzene rings is 3. The van der Waals surface area contributed by atoms with E-state index in [1.807, 2.05) is 54.6 Å². The molecule has 0 unspecified atom stereocenters. The van der Waals surface area contributed by atoms with Crippen molar-refractivity contribution in [1.82, 2.24) is 0 Å². The fourth-order valence-corrected chi connectivity index (χ4v) is 3.41. The third kappa shape index (κ3) is 3.59. The minimum Gasteiger partial charge on any atom is -0.478 e. The van der Waals surface area contributed by atoms with E-state index in [9.17, 15) is 9.59 Å². The average Bonchev–Trinajstić information content (AvgIpc) is 2.74. The lowest BCUT2D eigenvalue weighted by atomic mass is 9.99. The number of carbonyl (C=O) groups excluding carboxylic acids is 1. The first-order chi connectivity index (χ1) is 14.1. The minimum absolute atomic E-state index is 0.292. The molecule has 1 aromatic heterocycles. The molecule has 0 aliphatic carbocycles. The summed E-state index contributed by atoms with van der Waals surface area (Å²) in [5, 5.41) is 2.33. The van der Waals surface area contributed by atoms with Gasteiger partial charge < -0.3 is 13.9 Å². The van der Waals surface area contributed by atoms with Gasteiger partial charge in [-0.2, -0.15) is 0 Å². The van der Waals surface area contributed by atoms with Gasteiger partial charge in [-0.15, -0.1) is 0 Å². The molecule has 0 fully saturated rings. The predicted molar refractivity (Wildman–Crippen MR) is 112 cm³/mol. The lowest BCUT2D eigenvalue weighted by Crippen LogP contribution is -2.26. The van der Waals surface area contributed by atoms with Gasteiger partial charge in [0.05, 0.1) is 6.61 Å². The first-order valence-electron chi connectivity index (χ1n) is 9.46. The van der Waals surface area contributed by atoms with Gasteiger partial charge in [0.15, 0.2) is 6.10 Å². The van der Waals surface area contributed by atoms with Crippen LogP contribution in [0.15, 0.2) is 75.9 Å². The highest BCUT2D eigenvalue weighted by Crippen LogP contribution is 2.35. The van der Waals surface area contributed by atoms with Crippen LogP contribution in [-0.4, -0.2) is 18.7 Å². The Kier molecular flexibility index (Phi) is 5.04. The molecule has 5 nitrogen and oxygen atoms in total. The van der Waals surface area contributed by atoms with E-state index in [0.29, 0.717) is 17.9 Å². The second-order valence-corrected chi connectivity index (χ2v) is 6.65. The quantitative estimate of drug-likeness (QED) is 0.275. The molecule has 4 aromatic rings. The third-order valence-corrected chi connectivity index (χ3v) is 4.73. The Morgan fingerprint density at radius 3 is 2.48 bits per heavy atom. The van der Waals surface area contributed by atoms with Crippen molar-refractivity contribution in [2.45, 2.75) is 20.0 Å². The molecular formula is C24H20O5. The van der Waals surface area contributed by atoms with Crippen LogP contribution in [0.2, 0.25) is 0 Å². The zero-order valence-corrected chi connectivity index (χ0v) is 16.2. The van der Waals surface area contributed by atoms with E-state index in [2.05, 4.69) is 0 Å². The van der Waals surface area contributed by atoms with Crippen molar-refractivity contribution in [3.8, 4) is 16.9 Å². The Bertz CT molecular complexity index is 1240. The molecule has 5 heteroatoms. The molecule has 1 heterocycles. The topological polar surface area (TPSA) is 65.7 Å². The average molecular weight is 388 g/mol. The first-order valence-corrected chi connectivity index (χ1v) is 9.46. The maximum Gasteiger partial charge on any atom is 0.347 e. The molecule has 0 amide bonds. The van der Waals surface area contributed by atoms with E-state index < -0.39 is 17.7 Å². The highest BCUT2D eigenvalue weighted by molar-refractivity contribution is 6.10. The molecule has 4 rings (SSSR count). The van der Waals surface area contributed by atoms with E-state index in [1.165, 1.54) is 6.07 Å². The van der Waals surface area contributed by atoms with Crippen LogP contribution in [0.1, 0.15) is 13.8 Å². The zero-order valence-electron chi connectivity index (χ0n) is 16.2. The Labute approximate surface area is 167 Å². The largest absolute Gasteiger partial charge is 0.478 e. The molecular weight excluding hydrogens is 368 g/mol. The summed E-state index contributed by atoms with van der Waals surface area (Å²) in [6.45, 7) is 3.69. The highest BCUT2D eigenvalue weighted by Gasteiger charge is 2.18. The Morgan fingerprint density at radius 1 is 0.966 bits per heavy atom. The van der Waals surface area contributed by atoms with Crippen LogP contribution in [0.5, 0.6) is 5.75 Å². The minimum atomic E-state index is -0.751. The summed E-state index contributed by atoms with van der Waals surface area (Å²) in [5.74, 6) is 0.0981. The van der Waals surface area contributed by atoms with Gasteiger partial charge in [0, 0.05) is 22.2 Å². The normalized spacial score (nSPS) is 12.1. The number of carbonyl (C=O) groups is 1. The lowest BCUT2D eigenvalue weighted by Gasteiger charge is -2.16. The van der Waals surface area contributed by atoms with E-state index in [1.54, 1.807) is 19.9 Å². The van der Waals surface area contributed by atoms with E-state index in [-0.39, 0.29) is 0 Å². The number of fused-ring (bicyclic) bond motifs is 3. The molecule has 0 spiro atoms. The molecule has 146 valence electrons. The molecule has 3 aromatic carbocycles. The van der Waals surface area contributed by atoms with Gasteiger partial charge in [-0.1, -0.05) is 42.5 Å². The van der Waals surface area contributed by atoms with Crippen molar-refractivity contribution >= 4 is 27.7 Å². The molecule has 0 bridgehead atoms. The summed E-state index contributed by atoms with van der Waals surface area (Å²) >= 11 is 0. The summed E-state index contributed by atoms with van der Waals surface area (Å²) in [7, 11) is 0. The summed E-state index contributed by atoms with van der Waals surface area (Å²) < 4.78 is 16.4. The number of esters is 1. The van der Waals surface area contributed by atoms with Crippen LogP contribution in [-0.2, 0) is 9.53 Å². The van der Waals surface area contributed by atoms with Crippen LogP contribution < -0.4 is 10.4 Å². The van der Waals surface area contributed by atoms with Gasteiger partial charge in [0.2, 0.25) is 0 Å². The maximum absolute atomic E-state index is 12.3. The van der Waals surface area contributed by atoms with E-state index in [4.69, 9.17) is 13.9 Å². The third-order valence-electron chi connectivity index (χ3n) is 4.73. The zero-order chi connectivity index (χ0) is 20.4. The Balaban J connectivity index is 1.88. The first kappa shape index (κ1) is 18.7. The molecule has 0 N–H and O–H groups in total. The molecule has 0 radical (unpaired) electrons. The van der Waals surface area contributed by atoms with Gasteiger partial charge in [-0.05, 0) is 43.2 Å². The van der Waals surface area contributed by atoms with E-state index >= 15 is 0 Å². The number of ether oxygens (including phenoxy) is 2. The Hall–Kier alpha value is -3.60. The van der Waals surface area contributed by atoms with Crippen molar-refractivity contribution in [1.29, 1.82) is 0 Å². The highest BCUT2D eigenvalue weighted by atomic mass is 16.6. The fraction of sp³-hybridized carbons (Fsp3) is 0.167. The summed E-state index contributed by atoms with van der Waals surface area (Å²) in [5.41, 5.74) is 1.82. The van der Waals surface area contributed by atoms with Gasteiger partial charge >= 0.3 is 11.6 Å². The summed E-state index contributed by atoms with van der Waals surface area (Å²) in [4.78, 5) is 24.2. The van der Waals surface area contributed by atoms with Crippen LogP contribution in [0.25, 0.3) is 32.9 Å². The fourth-order valence-electron chi connectivity index (χ4n) is 3.41. The van der Waals surface area contributed by atoms with Crippen molar-refractivity contribution in [3.63, 3.8) is 0 Å².